The van der Waals surface area contributed by atoms with E-state index in [0.717, 1.165) is 58.0 Å². The topological polar surface area (TPSA) is 74.5 Å². The molecule has 0 atom stereocenters. The van der Waals surface area contributed by atoms with Gasteiger partial charge in [-0.15, -0.1) is 11.3 Å². The zero-order valence-corrected chi connectivity index (χ0v) is 23.0. The first-order valence-corrected chi connectivity index (χ1v) is 12.7. The molecule has 2 aliphatic rings. The molecule has 0 spiro atoms. The molecule has 1 aliphatic carbocycles. The summed E-state index contributed by atoms with van der Waals surface area (Å²) in [7, 11) is 10.2. The highest BCUT2D eigenvalue weighted by Crippen LogP contribution is 2.40. The van der Waals surface area contributed by atoms with Gasteiger partial charge in [-0.25, -0.2) is 9.56 Å². The van der Waals surface area contributed by atoms with Crippen LogP contribution in [-0.4, -0.2) is 100 Å². The quantitative estimate of drug-likeness (QED) is 0.224. The summed E-state index contributed by atoms with van der Waals surface area (Å²) in [5.41, 5.74) is 2.65. The van der Waals surface area contributed by atoms with Crippen molar-refractivity contribution in [3.05, 3.63) is 29.6 Å². The van der Waals surface area contributed by atoms with E-state index in [1.54, 1.807) is 54.0 Å². The van der Waals surface area contributed by atoms with Crippen LogP contribution in [0.15, 0.2) is 24.3 Å². The highest BCUT2D eigenvalue weighted by atomic mass is 32.1. The Morgan fingerprint density at radius 3 is 1.92 bits per heavy atom. The molecule has 3 rings (SSSR count). The fourth-order valence-corrected chi connectivity index (χ4v) is 5.05. The molecule has 10 heteroatoms. The van der Waals surface area contributed by atoms with Crippen molar-refractivity contribution in [1.29, 1.82) is 0 Å². The van der Waals surface area contributed by atoms with E-state index in [1.807, 2.05) is 12.1 Å². The van der Waals surface area contributed by atoms with Gasteiger partial charge in [-0.05, 0) is 6.07 Å². The fourth-order valence-electron chi connectivity index (χ4n) is 3.97. The molecular weight excluding hydrogens is 482 g/mol. The minimum Gasteiger partial charge on any atom is -0.494 e. The second-order valence-electron chi connectivity index (χ2n) is 8.15. The average molecular weight is 521 g/mol. The summed E-state index contributed by atoms with van der Waals surface area (Å²) in [5.74, 6) is 1.43. The molecule has 1 aromatic rings. The smallest absolute Gasteiger partial charge is 0.205 e. The van der Waals surface area contributed by atoms with Gasteiger partial charge in [-0.1, -0.05) is 0 Å². The standard InChI is InChI=1S/C26H38N3O6S/c1-30-11-7-28(8-12-31-2)19-15-21(34-5)25-23(17-19)36-24-18-20(16-22(35-6)26(24)27-25)29(9-13-32-3)10-14-33-4/h15-18H,7-14H2,1-6H3/q+1. The van der Waals surface area contributed by atoms with E-state index < -0.39 is 0 Å². The zero-order valence-electron chi connectivity index (χ0n) is 22.2. The Morgan fingerprint density at radius 1 is 0.750 bits per heavy atom. The summed E-state index contributed by atoms with van der Waals surface area (Å²) >= 11 is 1.67. The molecule has 0 amide bonds. The van der Waals surface area contributed by atoms with Gasteiger partial charge in [-0.2, -0.15) is 0 Å². The number of hydrogen-bond donors (Lipinski definition) is 0. The predicted octanol–water partition coefficient (Wildman–Crippen LogP) is 2.58. The molecule has 0 fully saturated rings. The Labute approximate surface area is 217 Å². The molecule has 0 bridgehead atoms. The lowest BCUT2D eigenvalue weighted by atomic mass is 10.2. The Hall–Kier alpha value is -2.50. The van der Waals surface area contributed by atoms with Crippen molar-refractivity contribution >= 4 is 27.2 Å². The number of nitrogens with zero attached hydrogens (tertiary/aromatic N) is 3. The maximum Gasteiger partial charge on any atom is 0.205 e. The van der Waals surface area contributed by atoms with E-state index in [-0.39, 0.29) is 0 Å². The van der Waals surface area contributed by atoms with Crippen LogP contribution in [0.3, 0.4) is 0 Å². The highest BCUT2D eigenvalue weighted by Gasteiger charge is 2.20. The normalized spacial score (nSPS) is 11.3. The average Bonchev–Trinajstić information content (AvgIpc) is 2.90. The lowest BCUT2D eigenvalue weighted by Gasteiger charge is -2.25. The van der Waals surface area contributed by atoms with E-state index in [0.29, 0.717) is 37.9 Å². The maximum absolute atomic E-state index is 5.78. The molecule has 1 heterocycles. The third-order valence-electron chi connectivity index (χ3n) is 5.92. The van der Waals surface area contributed by atoms with Crippen molar-refractivity contribution in [2.24, 2.45) is 0 Å². The van der Waals surface area contributed by atoms with Crippen molar-refractivity contribution in [1.82, 2.24) is 9.56 Å². The van der Waals surface area contributed by atoms with E-state index in [1.165, 1.54) is 0 Å². The molecule has 36 heavy (non-hydrogen) atoms. The Kier molecular flexibility index (Phi) is 11.1. The minimum atomic E-state index is 0.614. The van der Waals surface area contributed by atoms with E-state index in [2.05, 4.69) is 21.6 Å². The van der Waals surface area contributed by atoms with Crippen LogP contribution in [0.1, 0.15) is 0 Å². The van der Waals surface area contributed by atoms with Crippen molar-refractivity contribution in [3.63, 3.8) is 0 Å². The lowest BCUT2D eigenvalue weighted by molar-refractivity contribution is 0.170. The molecular formula is C26H38N3O6S+. The van der Waals surface area contributed by atoms with E-state index in [9.17, 15) is 0 Å². The summed E-state index contributed by atoms with van der Waals surface area (Å²) in [6.45, 7) is 5.42. The van der Waals surface area contributed by atoms with Crippen LogP contribution in [0.5, 0.6) is 11.5 Å². The number of fused-ring (bicyclic) bond motifs is 2. The number of ether oxygens (including phenoxy) is 6. The van der Waals surface area contributed by atoms with Gasteiger partial charge in [0.05, 0.1) is 43.1 Å². The minimum absolute atomic E-state index is 0.614. The first-order chi connectivity index (χ1) is 17.6. The van der Waals surface area contributed by atoms with Crippen molar-refractivity contribution in [3.8, 4) is 22.1 Å². The van der Waals surface area contributed by atoms with Gasteiger partial charge < -0.3 is 33.3 Å². The molecule has 0 aromatic heterocycles. The van der Waals surface area contributed by atoms with Gasteiger partial charge in [0, 0.05) is 59.3 Å². The van der Waals surface area contributed by atoms with Crippen LogP contribution >= 0.6 is 11.3 Å². The number of aromatic nitrogens is 1. The third kappa shape index (κ3) is 6.83. The summed E-state index contributed by atoms with van der Waals surface area (Å²) < 4.78 is 36.1. The first-order valence-electron chi connectivity index (χ1n) is 11.9. The monoisotopic (exact) mass is 520 g/mol. The number of benzene rings is 2. The molecule has 1 aromatic carbocycles. The van der Waals surface area contributed by atoms with Crippen LogP contribution in [-0.2, 0) is 18.9 Å². The summed E-state index contributed by atoms with van der Waals surface area (Å²) in [6, 6.07) is 8.37. The SMILES string of the molecule is COCCN(CCOC)c1cc(OC)c2nc3c(OC)cc(=[N+](CCOC)CCOC)cc-3sc2c1. The Bertz CT molecular complexity index is 1130. The molecule has 0 saturated carbocycles. The zero-order chi connectivity index (χ0) is 25.9. The third-order valence-corrected chi connectivity index (χ3v) is 6.99. The number of anilines is 1. The highest BCUT2D eigenvalue weighted by molar-refractivity contribution is 7.21. The van der Waals surface area contributed by atoms with E-state index in [4.69, 9.17) is 33.4 Å². The largest absolute Gasteiger partial charge is 0.494 e. The van der Waals surface area contributed by atoms with Gasteiger partial charge in [0.2, 0.25) is 5.36 Å². The van der Waals surface area contributed by atoms with Gasteiger partial charge in [0.1, 0.15) is 30.2 Å². The van der Waals surface area contributed by atoms with Crippen molar-refractivity contribution in [2.75, 3.05) is 100 Å². The van der Waals surface area contributed by atoms with Crippen LogP contribution < -0.4 is 24.3 Å². The summed E-state index contributed by atoms with van der Waals surface area (Å²) in [5, 5.41) is 1.04. The molecule has 1 aliphatic heterocycles. The van der Waals surface area contributed by atoms with Crippen LogP contribution in [0.25, 0.3) is 20.8 Å². The summed E-state index contributed by atoms with van der Waals surface area (Å²) in [6.07, 6.45) is 0. The van der Waals surface area contributed by atoms with E-state index >= 15 is 0 Å². The van der Waals surface area contributed by atoms with Crippen molar-refractivity contribution < 1.29 is 28.4 Å². The summed E-state index contributed by atoms with van der Waals surface area (Å²) in [4.78, 5) is 8.25. The molecule has 9 nitrogen and oxygen atoms in total. The second kappa shape index (κ2) is 14.3. The van der Waals surface area contributed by atoms with Crippen LogP contribution in [0.2, 0.25) is 0 Å². The molecule has 0 unspecified atom stereocenters. The fraction of sp³-hybridized carbons (Fsp3) is 0.538. The van der Waals surface area contributed by atoms with Crippen LogP contribution in [0, 0.1) is 0 Å². The van der Waals surface area contributed by atoms with Gasteiger partial charge in [-0.3, -0.25) is 0 Å². The number of methoxy groups -OCH3 is 6. The number of hydrogen-bond acceptors (Lipinski definition) is 9. The Morgan fingerprint density at radius 2 is 1.36 bits per heavy atom. The van der Waals surface area contributed by atoms with Gasteiger partial charge in [0.15, 0.2) is 18.8 Å². The molecule has 0 N–H and O–H groups in total. The first kappa shape index (κ1) is 28.1. The number of rotatable bonds is 15. The Balaban J connectivity index is 2.22. The van der Waals surface area contributed by atoms with Crippen molar-refractivity contribution in [2.45, 2.75) is 0 Å². The van der Waals surface area contributed by atoms with Gasteiger partial charge >= 0.3 is 0 Å². The molecule has 0 saturated heterocycles. The second-order valence-corrected chi connectivity index (χ2v) is 9.23. The molecule has 198 valence electrons. The van der Waals surface area contributed by atoms with Gasteiger partial charge in [0.25, 0.3) is 0 Å². The van der Waals surface area contributed by atoms with Crippen LogP contribution in [0.4, 0.5) is 5.69 Å². The predicted molar refractivity (Wildman–Crippen MR) is 144 cm³/mol. The molecule has 0 radical (unpaired) electrons. The maximum atomic E-state index is 5.78. The lowest BCUT2D eigenvalue weighted by Crippen LogP contribution is -2.35.